The first-order valence-corrected chi connectivity index (χ1v) is 8.29. The minimum atomic E-state index is -0.704. The van der Waals surface area contributed by atoms with Crippen LogP contribution in [0.15, 0.2) is 35.2 Å². The zero-order valence-corrected chi connectivity index (χ0v) is 13.4. The molecule has 0 amide bonds. The fourth-order valence-corrected chi connectivity index (χ4v) is 3.99. The van der Waals surface area contributed by atoms with Gasteiger partial charge in [0.15, 0.2) is 5.79 Å². The first-order valence-electron chi connectivity index (χ1n) is 7.41. The SMILES string of the molecule is CC[C@H]1O[C@@H](Sc2ccccc2)[C@H](O)[C@H]2OC(C)(C)O[C@H]21. The van der Waals surface area contributed by atoms with Crippen molar-refractivity contribution in [2.24, 2.45) is 0 Å². The van der Waals surface area contributed by atoms with E-state index in [0.717, 1.165) is 11.3 Å². The van der Waals surface area contributed by atoms with Gasteiger partial charge in [-0.2, -0.15) is 0 Å². The van der Waals surface area contributed by atoms with E-state index in [1.165, 1.54) is 11.8 Å². The molecule has 116 valence electrons. The maximum absolute atomic E-state index is 10.6. The van der Waals surface area contributed by atoms with Crippen molar-refractivity contribution in [1.82, 2.24) is 0 Å². The molecule has 5 atom stereocenters. The number of benzene rings is 1. The molecule has 2 fully saturated rings. The zero-order chi connectivity index (χ0) is 15.0. The smallest absolute Gasteiger partial charge is 0.164 e. The second kappa shape index (κ2) is 5.89. The fraction of sp³-hybridized carbons (Fsp3) is 0.625. The minimum Gasteiger partial charge on any atom is -0.387 e. The minimum absolute atomic E-state index is 0.0543. The topological polar surface area (TPSA) is 47.9 Å². The van der Waals surface area contributed by atoms with Gasteiger partial charge in [0.05, 0.1) is 6.10 Å². The molecule has 3 rings (SSSR count). The summed E-state index contributed by atoms with van der Waals surface area (Å²) in [5.74, 6) is -0.667. The molecule has 1 N–H and O–H groups in total. The van der Waals surface area contributed by atoms with E-state index in [1.54, 1.807) is 0 Å². The Labute approximate surface area is 129 Å². The Morgan fingerprint density at radius 1 is 1.14 bits per heavy atom. The summed E-state index contributed by atoms with van der Waals surface area (Å²) in [6.07, 6.45) is -0.460. The third kappa shape index (κ3) is 3.12. The highest BCUT2D eigenvalue weighted by Gasteiger charge is 2.54. The highest BCUT2D eigenvalue weighted by Crippen LogP contribution is 2.42. The molecule has 1 aromatic carbocycles. The summed E-state index contributed by atoms with van der Waals surface area (Å²) < 4.78 is 17.9. The van der Waals surface area contributed by atoms with E-state index in [2.05, 4.69) is 6.92 Å². The molecule has 0 spiro atoms. The van der Waals surface area contributed by atoms with Crippen molar-refractivity contribution < 1.29 is 19.3 Å². The van der Waals surface area contributed by atoms with E-state index in [4.69, 9.17) is 14.2 Å². The molecule has 0 aromatic heterocycles. The predicted molar refractivity (Wildman–Crippen MR) is 81.1 cm³/mol. The lowest BCUT2D eigenvalue weighted by atomic mass is 9.98. The van der Waals surface area contributed by atoms with Crippen molar-refractivity contribution in [2.75, 3.05) is 0 Å². The Morgan fingerprint density at radius 3 is 2.48 bits per heavy atom. The number of hydrogen-bond donors (Lipinski definition) is 1. The number of hydrogen-bond acceptors (Lipinski definition) is 5. The van der Waals surface area contributed by atoms with Crippen LogP contribution in [-0.4, -0.2) is 40.7 Å². The van der Waals surface area contributed by atoms with Crippen LogP contribution >= 0.6 is 11.8 Å². The average Bonchev–Trinajstić information content (AvgIpc) is 2.79. The molecule has 0 saturated carbocycles. The first-order chi connectivity index (χ1) is 10.00. The van der Waals surface area contributed by atoms with E-state index in [0.29, 0.717) is 0 Å². The molecular weight excluding hydrogens is 288 g/mol. The van der Waals surface area contributed by atoms with Gasteiger partial charge in [0.1, 0.15) is 23.7 Å². The van der Waals surface area contributed by atoms with E-state index >= 15 is 0 Å². The molecule has 4 nitrogen and oxygen atoms in total. The summed E-state index contributed by atoms with van der Waals surface area (Å²) in [4.78, 5) is 1.08. The number of aliphatic hydroxyl groups excluding tert-OH is 1. The van der Waals surface area contributed by atoms with Gasteiger partial charge in [0, 0.05) is 4.90 Å². The number of aliphatic hydroxyl groups is 1. The number of fused-ring (bicyclic) bond motifs is 1. The number of rotatable bonds is 3. The van der Waals surface area contributed by atoms with Gasteiger partial charge >= 0.3 is 0 Å². The molecule has 5 heteroatoms. The van der Waals surface area contributed by atoms with Crippen LogP contribution in [0.25, 0.3) is 0 Å². The Balaban J connectivity index is 1.78. The van der Waals surface area contributed by atoms with Gasteiger partial charge in [0.2, 0.25) is 0 Å². The average molecular weight is 310 g/mol. The maximum atomic E-state index is 10.6. The van der Waals surface area contributed by atoms with E-state index in [9.17, 15) is 5.11 Å². The van der Waals surface area contributed by atoms with Crippen molar-refractivity contribution >= 4 is 11.8 Å². The Bertz CT molecular complexity index is 478. The Kier molecular flexibility index (Phi) is 4.30. The Hall–Kier alpha value is -0.590. The maximum Gasteiger partial charge on any atom is 0.164 e. The lowest BCUT2D eigenvalue weighted by Crippen LogP contribution is -2.54. The molecular formula is C16H22O4S. The van der Waals surface area contributed by atoms with Gasteiger partial charge in [-0.15, -0.1) is 0 Å². The molecule has 21 heavy (non-hydrogen) atoms. The van der Waals surface area contributed by atoms with Crippen LogP contribution in [0.4, 0.5) is 0 Å². The van der Waals surface area contributed by atoms with E-state index in [-0.39, 0.29) is 23.7 Å². The van der Waals surface area contributed by atoms with Crippen molar-refractivity contribution in [3.8, 4) is 0 Å². The van der Waals surface area contributed by atoms with Crippen molar-refractivity contribution in [2.45, 2.75) is 67.7 Å². The van der Waals surface area contributed by atoms with Crippen LogP contribution in [0, 0.1) is 0 Å². The second-order valence-corrected chi connectivity index (χ2v) is 7.11. The van der Waals surface area contributed by atoms with Gasteiger partial charge in [-0.1, -0.05) is 36.9 Å². The molecule has 0 bridgehead atoms. The van der Waals surface area contributed by atoms with Crippen molar-refractivity contribution in [3.05, 3.63) is 30.3 Å². The standard InChI is InChI=1S/C16H22O4S/c1-4-11-13-14(20-16(2,3)19-13)12(17)15(18-11)21-10-8-6-5-7-9-10/h5-9,11-15,17H,4H2,1-3H3/t11-,12-,13+,14-,15+/m1/s1. The largest absolute Gasteiger partial charge is 0.387 e. The van der Waals surface area contributed by atoms with Crippen LogP contribution < -0.4 is 0 Å². The fourth-order valence-electron chi connectivity index (χ4n) is 2.91. The van der Waals surface area contributed by atoms with Crippen LogP contribution in [0.5, 0.6) is 0 Å². The summed E-state index contributed by atoms with van der Waals surface area (Å²) in [6, 6.07) is 9.98. The molecule has 0 radical (unpaired) electrons. The lowest BCUT2D eigenvalue weighted by molar-refractivity contribution is -0.157. The van der Waals surface area contributed by atoms with Crippen molar-refractivity contribution in [1.29, 1.82) is 0 Å². The van der Waals surface area contributed by atoms with Gasteiger partial charge in [-0.25, -0.2) is 0 Å². The molecule has 2 aliphatic heterocycles. The summed E-state index contributed by atoms with van der Waals surface area (Å²) >= 11 is 1.53. The molecule has 2 saturated heterocycles. The molecule has 2 aliphatic rings. The van der Waals surface area contributed by atoms with E-state index < -0.39 is 11.9 Å². The van der Waals surface area contributed by atoms with Gasteiger partial charge in [-0.3, -0.25) is 0 Å². The summed E-state index contributed by atoms with van der Waals surface area (Å²) in [7, 11) is 0. The molecule has 2 heterocycles. The monoisotopic (exact) mass is 310 g/mol. The summed E-state index contributed by atoms with van der Waals surface area (Å²) in [5, 5.41) is 10.6. The third-order valence-corrected chi connectivity index (χ3v) is 5.02. The molecule has 0 unspecified atom stereocenters. The highest BCUT2D eigenvalue weighted by atomic mass is 32.2. The molecule has 0 aliphatic carbocycles. The van der Waals surface area contributed by atoms with E-state index in [1.807, 2.05) is 44.2 Å². The highest BCUT2D eigenvalue weighted by molar-refractivity contribution is 7.99. The summed E-state index contributed by atoms with van der Waals surface area (Å²) in [5.41, 5.74) is -0.337. The van der Waals surface area contributed by atoms with Crippen LogP contribution in [0.3, 0.4) is 0 Å². The Morgan fingerprint density at radius 2 is 1.81 bits per heavy atom. The zero-order valence-electron chi connectivity index (χ0n) is 12.6. The third-order valence-electron chi connectivity index (χ3n) is 3.85. The van der Waals surface area contributed by atoms with Gasteiger partial charge in [-0.05, 0) is 32.4 Å². The van der Waals surface area contributed by atoms with Gasteiger partial charge in [0.25, 0.3) is 0 Å². The van der Waals surface area contributed by atoms with Crippen LogP contribution in [0.1, 0.15) is 27.2 Å². The number of ether oxygens (including phenoxy) is 3. The van der Waals surface area contributed by atoms with Crippen molar-refractivity contribution in [3.63, 3.8) is 0 Å². The normalized spacial score (nSPS) is 38.2. The lowest BCUT2D eigenvalue weighted by Gasteiger charge is -2.39. The predicted octanol–water partition coefficient (Wildman–Crippen LogP) is 2.79. The quantitative estimate of drug-likeness (QED) is 0.930. The van der Waals surface area contributed by atoms with Crippen LogP contribution in [0.2, 0.25) is 0 Å². The molecule has 1 aromatic rings. The first kappa shape index (κ1) is 15.3. The number of thioether (sulfide) groups is 1. The van der Waals surface area contributed by atoms with Crippen LogP contribution in [-0.2, 0) is 14.2 Å². The summed E-state index contributed by atoms with van der Waals surface area (Å²) in [6.45, 7) is 5.83. The van der Waals surface area contributed by atoms with Gasteiger partial charge < -0.3 is 19.3 Å². The second-order valence-electron chi connectivity index (χ2n) is 5.94.